The van der Waals surface area contributed by atoms with E-state index in [9.17, 15) is 9.18 Å². The minimum absolute atomic E-state index is 0.187. The summed E-state index contributed by atoms with van der Waals surface area (Å²) >= 11 is 11.8. The van der Waals surface area contributed by atoms with E-state index in [0.29, 0.717) is 27.4 Å². The van der Waals surface area contributed by atoms with Crippen LogP contribution in [-0.2, 0) is 4.79 Å². The summed E-state index contributed by atoms with van der Waals surface area (Å²) in [5, 5.41) is 11.5. The molecule has 150 valence electrons. The molecule has 0 aliphatic carbocycles. The summed E-state index contributed by atoms with van der Waals surface area (Å²) in [7, 11) is 0. The molecule has 3 rings (SSSR count). The monoisotopic (exact) mass is 435 g/mol. The average molecular weight is 436 g/mol. The largest absolute Gasteiger partial charge is 0.482 e. The molecular formula is C20H16Cl2FN3O3. The smallest absolute Gasteiger partial charge is 0.258 e. The molecule has 0 radical (unpaired) electrons. The van der Waals surface area contributed by atoms with Gasteiger partial charge in [-0.05, 0) is 48.5 Å². The second kappa shape index (κ2) is 10.0. The Labute approximate surface area is 176 Å². The van der Waals surface area contributed by atoms with E-state index in [1.807, 2.05) is 0 Å². The van der Waals surface area contributed by atoms with Crippen LogP contribution in [0.2, 0.25) is 10.0 Å². The molecule has 1 aromatic heterocycles. The number of ether oxygens (including phenoxy) is 2. The number of amides is 1. The quantitative estimate of drug-likeness (QED) is 0.537. The zero-order chi connectivity index (χ0) is 20.6. The van der Waals surface area contributed by atoms with Gasteiger partial charge >= 0.3 is 0 Å². The van der Waals surface area contributed by atoms with Crippen LogP contribution < -0.4 is 14.8 Å². The number of rotatable bonds is 8. The van der Waals surface area contributed by atoms with E-state index in [1.54, 1.807) is 36.4 Å². The van der Waals surface area contributed by atoms with Crippen molar-refractivity contribution in [2.75, 3.05) is 19.8 Å². The summed E-state index contributed by atoms with van der Waals surface area (Å²) in [5.74, 6) is 0.0519. The van der Waals surface area contributed by atoms with E-state index < -0.39 is 0 Å². The second-order valence-corrected chi connectivity index (χ2v) is 6.67. The predicted molar refractivity (Wildman–Crippen MR) is 108 cm³/mol. The first-order chi connectivity index (χ1) is 14.0. The Bertz CT molecular complexity index is 970. The van der Waals surface area contributed by atoms with Crippen molar-refractivity contribution in [1.29, 1.82) is 0 Å². The maximum Gasteiger partial charge on any atom is 0.258 e. The van der Waals surface area contributed by atoms with Gasteiger partial charge in [0.1, 0.15) is 18.2 Å². The molecule has 0 spiro atoms. The lowest BCUT2D eigenvalue weighted by atomic mass is 10.1. The fourth-order valence-corrected chi connectivity index (χ4v) is 2.77. The van der Waals surface area contributed by atoms with Crippen molar-refractivity contribution in [1.82, 2.24) is 15.5 Å². The molecule has 0 aliphatic rings. The van der Waals surface area contributed by atoms with Crippen molar-refractivity contribution in [2.24, 2.45) is 0 Å². The molecule has 0 saturated carbocycles. The van der Waals surface area contributed by atoms with Gasteiger partial charge in [0.2, 0.25) is 5.88 Å². The number of halogens is 3. The van der Waals surface area contributed by atoms with Gasteiger partial charge in [-0.2, -0.15) is 0 Å². The average Bonchev–Trinajstić information content (AvgIpc) is 2.72. The van der Waals surface area contributed by atoms with E-state index in [4.69, 9.17) is 32.7 Å². The Hall–Kier alpha value is -2.90. The molecule has 1 N–H and O–H groups in total. The van der Waals surface area contributed by atoms with Gasteiger partial charge in [0.15, 0.2) is 6.61 Å². The Balaban J connectivity index is 1.38. The van der Waals surface area contributed by atoms with Crippen LogP contribution in [0.25, 0.3) is 11.3 Å². The number of carbonyl (C=O) groups is 1. The predicted octanol–water partition coefficient (Wildman–Crippen LogP) is 4.16. The number of aromatic nitrogens is 2. The zero-order valence-corrected chi connectivity index (χ0v) is 16.6. The van der Waals surface area contributed by atoms with Crippen molar-refractivity contribution in [3.63, 3.8) is 0 Å². The summed E-state index contributed by atoms with van der Waals surface area (Å²) in [4.78, 5) is 11.8. The Kier molecular flexibility index (Phi) is 7.21. The number of hydrogen-bond acceptors (Lipinski definition) is 5. The van der Waals surface area contributed by atoms with E-state index in [1.165, 1.54) is 18.2 Å². The molecule has 0 bridgehead atoms. The van der Waals surface area contributed by atoms with Gasteiger partial charge in [0, 0.05) is 16.7 Å². The Morgan fingerprint density at radius 1 is 1.00 bits per heavy atom. The van der Waals surface area contributed by atoms with Gasteiger partial charge in [0.05, 0.1) is 17.3 Å². The third-order valence-corrected chi connectivity index (χ3v) is 4.24. The van der Waals surface area contributed by atoms with E-state index in [0.717, 1.165) is 5.56 Å². The van der Waals surface area contributed by atoms with Crippen molar-refractivity contribution >= 4 is 29.1 Å². The lowest BCUT2D eigenvalue weighted by molar-refractivity contribution is -0.123. The topological polar surface area (TPSA) is 73.3 Å². The van der Waals surface area contributed by atoms with E-state index in [2.05, 4.69) is 15.5 Å². The molecule has 6 nitrogen and oxygen atoms in total. The summed E-state index contributed by atoms with van der Waals surface area (Å²) in [6, 6.07) is 14.1. The Morgan fingerprint density at radius 3 is 2.48 bits per heavy atom. The van der Waals surface area contributed by atoms with Crippen LogP contribution in [0.5, 0.6) is 11.6 Å². The maximum absolute atomic E-state index is 13.0. The second-order valence-electron chi connectivity index (χ2n) is 5.83. The summed E-state index contributed by atoms with van der Waals surface area (Å²) in [6.07, 6.45) is 0. The Morgan fingerprint density at radius 2 is 1.79 bits per heavy atom. The van der Waals surface area contributed by atoms with Crippen LogP contribution in [0.3, 0.4) is 0 Å². The fraction of sp³-hybridized carbons (Fsp3) is 0.150. The number of benzene rings is 2. The minimum atomic E-state index is -0.322. The van der Waals surface area contributed by atoms with Gasteiger partial charge < -0.3 is 14.8 Å². The number of carbonyl (C=O) groups excluding carboxylic acids is 1. The van der Waals surface area contributed by atoms with Gasteiger partial charge in [-0.1, -0.05) is 23.2 Å². The van der Waals surface area contributed by atoms with E-state index >= 15 is 0 Å². The first-order valence-corrected chi connectivity index (χ1v) is 9.34. The number of nitrogens with one attached hydrogen (secondary N) is 1. The SMILES string of the molecule is O=C(COc1ccc(Cl)cc1Cl)NCCOc1ccc(-c2ccc(F)cc2)nn1. The summed E-state index contributed by atoms with van der Waals surface area (Å²) in [5.41, 5.74) is 1.35. The molecule has 9 heteroatoms. The van der Waals surface area contributed by atoms with Crippen molar-refractivity contribution in [3.05, 3.63) is 70.5 Å². The molecule has 29 heavy (non-hydrogen) atoms. The van der Waals surface area contributed by atoms with Gasteiger partial charge in [-0.3, -0.25) is 4.79 Å². The van der Waals surface area contributed by atoms with Gasteiger partial charge in [-0.15, -0.1) is 10.2 Å². The lowest BCUT2D eigenvalue weighted by Gasteiger charge is -2.09. The highest BCUT2D eigenvalue weighted by molar-refractivity contribution is 6.35. The fourth-order valence-electron chi connectivity index (χ4n) is 2.30. The molecule has 0 atom stereocenters. The third kappa shape index (κ3) is 6.30. The molecule has 2 aromatic carbocycles. The summed E-state index contributed by atoms with van der Waals surface area (Å²) in [6.45, 7) is 0.281. The highest BCUT2D eigenvalue weighted by Crippen LogP contribution is 2.27. The normalized spacial score (nSPS) is 10.4. The van der Waals surface area contributed by atoms with Crippen molar-refractivity contribution < 1.29 is 18.7 Å². The van der Waals surface area contributed by atoms with E-state index in [-0.39, 0.29) is 31.5 Å². The van der Waals surface area contributed by atoms with Crippen LogP contribution in [0.1, 0.15) is 0 Å². The first kappa shape index (κ1) is 20.8. The van der Waals surface area contributed by atoms with Crippen LogP contribution in [0.4, 0.5) is 4.39 Å². The maximum atomic E-state index is 13.0. The molecule has 0 aliphatic heterocycles. The van der Waals surface area contributed by atoms with Crippen LogP contribution in [-0.4, -0.2) is 35.9 Å². The molecule has 0 unspecified atom stereocenters. The van der Waals surface area contributed by atoms with Gasteiger partial charge in [-0.25, -0.2) is 4.39 Å². The first-order valence-electron chi connectivity index (χ1n) is 8.58. The minimum Gasteiger partial charge on any atom is -0.482 e. The highest BCUT2D eigenvalue weighted by atomic mass is 35.5. The lowest BCUT2D eigenvalue weighted by Crippen LogP contribution is -2.32. The molecular weight excluding hydrogens is 420 g/mol. The van der Waals surface area contributed by atoms with Crippen molar-refractivity contribution in [3.8, 4) is 22.9 Å². The standard InChI is InChI=1S/C20H16Cl2FN3O3/c21-14-3-7-18(16(22)11-14)29-12-19(27)24-9-10-28-20-8-6-17(25-26-20)13-1-4-15(23)5-2-13/h1-8,11H,9-10,12H2,(H,24,27). The molecule has 1 heterocycles. The molecule has 0 fully saturated rings. The van der Waals surface area contributed by atoms with Crippen LogP contribution >= 0.6 is 23.2 Å². The third-order valence-electron chi connectivity index (χ3n) is 3.71. The van der Waals surface area contributed by atoms with Crippen molar-refractivity contribution in [2.45, 2.75) is 0 Å². The highest BCUT2D eigenvalue weighted by Gasteiger charge is 2.07. The van der Waals surface area contributed by atoms with Gasteiger partial charge in [0.25, 0.3) is 5.91 Å². The number of nitrogens with zero attached hydrogens (tertiary/aromatic N) is 2. The summed E-state index contributed by atoms with van der Waals surface area (Å²) < 4.78 is 23.7. The zero-order valence-electron chi connectivity index (χ0n) is 15.1. The van der Waals surface area contributed by atoms with Crippen LogP contribution in [0.15, 0.2) is 54.6 Å². The molecule has 0 saturated heterocycles. The van der Waals surface area contributed by atoms with Crippen LogP contribution in [0, 0.1) is 5.82 Å². The number of hydrogen-bond donors (Lipinski definition) is 1. The molecule has 3 aromatic rings. The molecule has 1 amide bonds.